The molecule has 1 aliphatic heterocycles. The van der Waals surface area contributed by atoms with Gasteiger partial charge in [-0.05, 0) is 31.1 Å². The Morgan fingerprint density at radius 3 is 2.67 bits per heavy atom. The highest BCUT2D eigenvalue weighted by atomic mass is 16.2. The van der Waals surface area contributed by atoms with E-state index in [9.17, 15) is 9.59 Å². The normalized spacial score (nSPS) is 33.2. The molecule has 3 rings (SSSR count). The van der Waals surface area contributed by atoms with E-state index in [0.29, 0.717) is 24.6 Å². The van der Waals surface area contributed by atoms with E-state index in [2.05, 4.69) is 10.4 Å². The maximum absolute atomic E-state index is 12.3. The standard InChI is InChI=1S/C16H25N3O2/c1-19-15(20)9-8-14(18-19)16(21)17-13-7-6-11-4-2-3-5-12(11)10-13/h11-13H,2-10H2,1H3,(H,17,21)/t11-,12+,13-/m1/s1. The van der Waals surface area contributed by atoms with Crippen LogP contribution in [-0.4, -0.2) is 35.6 Å². The molecular formula is C16H25N3O2. The van der Waals surface area contributed by atoms with Gasteiger partial charge in [0.05, 0.1) is 0 Å². The molecule has 21 heavy (non-hydrogen) atoms. The molecule has 3 aliphatic rings. The fourth-order valence-electron chi connectivity index (χ4n) is 4.11. The molecule has 0 unspecified atom stereocenters. The Morgan fingerprint density at radius 2 is 1.90 bits per heavy atom. The summed E-state index contributed by atoms with van der Waals surface area (Å²) in [6, 6.07) is 0.294. The smallest absolute Gasteiger partial charge is 0.267 e. The van der Waals surface area contributed by atoms with Crippen molar-refractivity contribution < 1.29 is 9.59 Å². The largest absolute Gasteiger partial charge is 0.348 e. The second kappa shape index (κ2) is 6.16. The molecule has 1 N–H and O–H groups in total. The lowest BCUT2D eigenvalue weighted by Gasteiger charge is -2.39. The number of rotatable bonds is 2. The van der Waals surface area contributed by atoms with E-state index in [1.807, 2.05) is 0 Å². The molecule has 2 amide bonds. The van der Waals surface area contributed by atoms with Gasteiger partial charge in [-0.1, -0.05) is 25.7 Å². The molecule has 0 spiro atoms. The zero-order valence-electron chi connectivity index (χ0n) is 12.8. The molecule has 0 aromatic heterocycles. The summed E-state index contributed by atoms with van der Waals surface area (Å²) in [5.41, 5.74) is 0.503. The van der Waals surface area contributed by atoms with Crippen LogP contribution in [0.15, 0.2) is 5.10 Å². The van der Waals surface area contributed by atoms with E-state index in [0.717, 1.165) is 24.7 Å². The van der Waals surface area contributed by atoms with Gasteiger partial charge in [-0.3, -0.25) is 9.59 Å². The zero-order valence-corrected chi connectivity index (χ0v) is 12.8. The summed E-state index contributed by atoms with van der Waals surface area (Å²) in [4.78, 5) is 23.7. The fraction of sp³-hybridized carbons (Fsp3) is 0.812. The van der Waals surface area contributed by atoms with Gasteiger partial charge in [-0.2, -0.15) is 5.10 Å². The highest BCUT2D eigenvalue weighted by Crippen LogP contribution is 2.40. The number of hydrogen-bond acceptors (Lipinski definition) is 3. The van der Waals surface area contributed by atoms with Gasteiger partial charge in [0.1, 0.15) is 5.71 Å². The maximum Gasteiger partial charge on any atom is 0.267 e. The maximum atomic E-state index is 12.3. The van der Waals surface area contributed by atoms with Crippen LogP contribution in [0, 0.1) is 11.8 Å². The van der Waals surface area contributed by atoms with Crippen LogP contribution in [0.3, 0.4) is 0 Å². The molecule has 5 heteroatoms. The number of hydrazone groups is 1. The molecule has 3 atom stereocenters. The lowest BCUT2D eigenvalue weighted by Crippen LogP contribution is -2.45. The highest BCUT2D eigenvalue weighted by Gasteiger charge is 2.33. The SMILES string of the molecule is CN1N=C(C(=O)N[C@@H]2CC[C@H]3CCCC[C@H]3C2)CCC1=O. The Balaban J connectivity index is 1.55. The van der Waals surface area contributed by atoms with Crippen LogP contribution in [0.25, 0.3) is 0 Å². The van der Waals surface area contributed by atoms with Gasteiger partial charge in [-0.15, -0.1) is 0 Å². The summed E-state index contributed by atoms with van der Waals surface area (Å²) >= 11 is 0. The quantitative estimate of drug-likeness (QED) is 0.846. The fourth-order valence-corrected chi connectivity index (χ4v) is 4.11. The number of nitrogens with zero attached hydrogens (tertiary/aromatic N) is 2. The number of nitrogens with one attached hydrogen (secondary N) is 1. The number of hydrogen-bond donors (Lipinski definition) is 1. The van der Waals surface area contributed by atoms with Gasteiger partial charge in [0.2, 0.25) is 5.91 Å². The van der Waals surface area contributed by atoms with Crippen molar-refractivity contribution in [3.05, 3.63) is 0 Å². The van der Waals surface area contributed by atoms with Crippen LogP contribution in [0.2, 0.25) is 0 Å². The van der Waals surface area contributed by atoms with Crippen LogP contribution in [0.1, 0.15) is 57.8 Å². The average Bonchev–Trinajstić information content (AvgIpc) is 2.50. The van der Waals surface area contributed by atoms with Crippen LogP contribution < -0.4 is 5.32 Å². The van der Waals surface area contributed by atoms with Crippen molar-refractivity contribution in [3.8, 4) is 0 Å². The summed E-state index contributed by atoms with van der Waals surface area (Å²) in [7, 11) is 1.61. The Bertz CT molecular complexity index is 460. The van der Waals surface area contributed by atoms with E-state index >= 15 is 0 Å². The monoisotopic (exact) mass is 291 g/mol. The second-order valence-corrected chi connectivity index (χ2v) is 6.75. The number of carbonyl (C=O) groups is 2. The van der Waals surface area contributed by atoms with Crippen molar-refractivity contribution in [2.75, 3.05) is 7.05 Å². The van der Waals surface area contributed by atoms with Gasteiger partial charge >= 0.3 is 0 Å². The lowest BCUT2D eigenvalue weighted by atomic mass is 9.69. The number of amides is 2. The molecule has 0 aromatic rings. The molecule has 0 saturated heterocycles. The Hall–Kier alpha value is -1.39. The number of carbonyl (C=O) groups excluding carboxylic acids is 2. The first-order valence-electron chi connectivity index (χ1n) is 8.28. The van der Waals surface area contributed by atoms with Crippen LogP contribution in [-0.2, 0) is 9.59 Å². The minimum Gasteiger partial charge on any atom is -0.348 e. The summed E-state index contributed by atoms with van der Waals surface area (Å²) in [6.45, 7) is 0. The zero-order chi connectivity index (χ0) is 14.8. The summed E-state index contributed by atoms with van der Waals surface area (Å²) < 4.78 is 0. The summed E-state index contributed by atoms with van der Waals surface area (Å²) in [6.07, 6.45) is 9.76. The average molecular weight is 291 g/mol. The topological polar surface area (TPSA) is 61.8 Å². The Morgan fingerprint density at radius 1 is 1.14 bits per heavy atom. The first kappa shape index (κ1) is 14.5. The van der Waals surface area contributed by atoms with E-state index in [-0.39, 0.29) is 11.8 Å². The van der Waals surface area contributed by atoms with Gasteiger partial charge in [-0.25, -0.2) is 5.01 Å². The summed E-state index contributed by atoms with van der Waals surface area (Å²) in [5, 5.41) is 8.54. The molecule has 2 fully saturated rings. The third kappa shape index (κ3) is 3.27. The molecule has 0 bridgehead atoms. The van der Waals surface area contributed by atoms with Crippen molar-refractivity contribution in [3.63, 3.8) is 0 Å². The van der Waals surface area contributed by atoms with E-state index < -0.39 is 0 Å². The second-order valence-electron chi connectivity index (χ2n) is 6.75. The van der Waals surface area contributed by atoms with E-state index in [1.54, 1.807) is 7.05 Å². The third-order valence-electron chi connectivity index (χ3n) is 5.34. The predicted octanol–water partition coefficient (Wildman–Crippen LogP) is 2.07. The van der Waals surface area contributed by atoms with Crippen LogP contribution in [0.5, 0.6) is 0 Å². The molecular weight excluding hydrogens is 266 g/mol. The minimum atomic E-state index is -0.0754. The van der Waals surface area contributed by atoms with Gasteiger partial charge in [0, 0.05) is 25.9 Å². The molecule has 2 aliphatic carbocycles. The van der Waals surface area contributed by atoms with Crippen molar-refractivity contribution in [1.82, 2.24) is 10.3 Å². The third-order valence-corrected chi connectivity index (χ3v) is 5.34. The van der Waals surface area contributed by atoms with Crippen LogP contribution >= 0.6 is 0 Å². The molecule has 5 nitrogen and oxygen atoms in total. The lowest BCUT2D eigenvalue weighted by molar-refractivity contribution is -0.130. The predicted molar refractivity (Wildman–Crippen MR) is 80.7 cm³/mol. The minimum absolute atomic E-state index is 0.0192. The van der Waals surface area contributed by atoms with Crippen molar-refractivity contribution in [2.24, 2.45) is 16.9 Å². The molecule has 1 heterocycles. The molecule has 116 valence electrons. The molecule has 0 radical (unpaired) electrons. The first-order valence-corrected chi connectivity index (χ1v) is 8.28. The van der Waals surface area contributed by atoms with Crippen molar-refractivity contribution >= 4 is 17.5 Å². The van der Waals surface area contributed by atoms with Gasteiger partial charge < -0.3 is 5.32 Å². The van der Waals surface area contributed by atoms with E-state index in [1.165, 1.54) is 37.1 Å². The highest BCUT2D eigenvalue weighted by molar-refractivity contribution is 6.39. The van der Waals surface area contributed by atoms with E-state index in [4.69, 9.17) is 0 Å². The van der Waals surface area contributed by atoms with Crippen LogP contribution in [0.4, 0.5) is 0 Å². The summed E-state index contributed by atoms with van der Waals surface area (Å²) in [5.74, 6) is 1.60. The van der Waals surface area contributed by atoms with Crippen molar-refractivity contribution in [2.45, 2.75) is 63.8 Å². The van der Waals surface area contributed by atoms with Crippen molar-refractivity contribution in [1.29, 1.82) is 0 Å². The van der Waals surface area contributed by atoms with Gasteiger partial charge in [0.25, 0.3) is 5.91 Å². The first-order chi connectivity index (χ1) is 10.1. The Labute approximate surface area is 126 Å². The molecule has 2 saturated carbocycles. The Kier molecular flexibility index (Phi) is 4.27. The van der Waals surface area contributed by atoms with Gasteiger partial charge in [0.15, 0.2) is 0 Å². The number of fused-ring (bicyclic) bond motifs is 1. The molecule has 0 aromatic carbocycles.